The molecule has 0 aliphatic carbocycles. The van der Waals surface area contributed by atoms with Gasteiger partial charge in [0, 0.05) is 5.02 Å². The Balaban J connectivity index is 1.95. The zero-order chi connectivity index (χ0) is 20.5. The molecule has 0 saturated heterocycles. The molecule has 1 N–H and O–H groups in total. The molecule has 28 heavy (non-hydrogen) atoms. The van der Waals surface area contributed by atoms with Crippen LogP contribution in [0.2, 0.25) is 5.02 Å². The van der Waals surface area contributed by atoms with Gasteiger partial charge in [-0.15, -0.1) is 11.3 Å². The SMILES string of the molecule is COC(=O)c1ccc(NC(=O)c2cnn(-c3ccc(Cl)cc3)c2C(F)(F)F)s1. The maximum Gasteiger partial charge on any atom is 0.434 e. The second-order valence-corrected chi connectivity index (χ2v) is 6.92. The van der Waals surface area contributed by atoms with Gasteiger partial charge in [-0.3, -0.25) is 4.79 Å². The summed E-state index contributed by atoms with van der Waals surface area (Å²) in [5.41, 5.74) is -1.78. The van der Waals surface area contributed by atoms with E-state index in [1.165, 1.54) is 43.5 Å². The van der Waals surface area contributed by atoms with Crippen LogP contribution in [0, 0.1) is 0 Å². The van der Waals surface area contributed by atoms with E-state index < -0.39 is 29.3 Å². The summed E-state index contributed by atoms with van der Waals surface area (Å²) in [5, 5.41) is 6.60. The number of carbonyl (C=O) groups is 2. The Kier molecular flexibility index (Phi) is 5.43. The van der Waals surface area contributed by atoms with Crippen LogP contribution in [0.4, 0.5) is 18.2 Å². The highest BCUT2D eigenvalue weighted by Gasteiger charge is 2.40. The third kappa shape index (κ3) is 4.02. The molecule has 0 fully saturated rings. The third-order valence-electron chi connectivity index (χ3n) is 3.58. The predicted molar refractivity (Wildman–Crippen MR) is 97.2 cm³/mol. The Morgan fingerprint density at radius 1 is 1.18 bits per heavy atom. The Bertz CT molecular complexity index is 1030. The lowest BCUT2D eigenvalue weighted by Crippen LogP contribution is -2.20. The number of hydrogen-bond donors (Lipinski definition) is 1. The van der Waals surface area contributed by atoms with Crippen LogP contribution in [0.5, 0.6) is 0 Å². The minimum atomic E-state index is -4.84. The van der Waals surface area contributed by atoms with Crippen molar-refractivity contribution in [3.63, 3.8) is 0 Å². The fourth-order valence-electron chi connectivity index (χ4n) is 2.36. The molecule has 1 aromatic carbocycles. The Labute approximate surface area is 165 Å². The summed E-state index contributed by atoms with van der Waals surface area (Å²) < 4.78 is 46.1. The van der Waals surface area contributed by atoms with Crippen molar-refractivity contribution in [1.29, 1.82) is 0 Å². The van der Waals surface area contributed by atoms with E-state index in [2.05, 4.69) is 15.2 Å². The lowest BCUT2D eigenvalue weighted by atomic mass is 10.2. The number of benzene rings is 1. The van der Waals surface area contributed by atoms with E-state index in [4.69, 9.17) is 11.6 Å². The predicted octanol–water partition coefficient (Wildman–Crippen LogP) is 4.64. The highest BCUT2D eigenvalue weighted by molar-refractivity contribution is 7.18. The lowest BCUT2D eigenvalue weighted by Gasteiger charge is -2.12. The number of thiophene rings is 1. The average molecular weight is 430 g/mol. The van der Waals surface area contributed by atoms with Gasteiger partial charge in [0.15, 0.2) is 5.69 Å². The quantitative estimate of drug-likeness (QED) is 0.613. The van der Waals surface area contributed by atoms with E-state index in [1.54, 1.807) is 0 Å². The van der Waals surface area contributed by atoms with Gasteiger partial charge in [0.05, 0.1) is 29.6 Å². The number of alkyl halides is 3. The molecular weight excluding hydrogens is 419 g/mol. The monoisotopic (exact) mass is 429 g/mol. The summed E-state index contributed by atoms with van der Waals surface area (Å²) in [4.78, 5) is 24.1. The minimum Gasteiger partial charge on any atom is -0.465 e. The summed E-state index contributed by atoms with van der Waals surface area (Å²) in [6.45, 7) is 0. The van der Waals surface area contributed by atoms with Gasteiger partial charge in [-0.1, -0.05) is 11.6 Å². The number of amides is 1. The maximum atomic E-state index is 13.6. The van der Waals surface area contributed by atoms with E-state index in [-0.39, 0.29) is 15.6 Å². The summed E-state index contributed by atoms with van der Waals surface area (Å²) >= 11 is 6.64. The van der Waals surface area contributed by atoms with Crippen LogP contribution in [0.1, 0.15) is 25.7 Å². The highest BCUT2D eigenvalue weighted by Crippen LogP contribution is 2.34. The van der Waals surface area contributed by atoms with Crippen molar-refractivity contribution in [3.05, 3.63) is 63.8 Å². The molecule has 0 atom stereocenters. The van der Waals surface area contributed by atoms with E-state index in [0.29, 0.717) is 9.70 Å². The zero-order valence-electron chi connectivity index (χ0n) is 14.1. The van der Waals surface area contributed by atoms with Gasteiger partial charge in [-0.25, -0.2) is 9.48 Å². The van der Waals surface area contributed by atoms with Gasteiger partial charge in [0.1, 0.15) is 4.88 Å². The maximum absolute atomic E-state index is 13.6. The highest BCUT2D eigenvalue weighted by atomic mass is 35.5. The first-order valence-electron chi connectivity index (χ1n) is 7.61. The van der Waals surface area contributed by atoms with Crippen LogP contribution >= 0.6 is 22.9 Å². The molecule has 3 aromatic rings. The molecule has 0 aliphatic rings. The number of nitrogens with zero attached hydrogens (tertiary/aromatic N) is 2. The molecule has 2 aromatic heterocycles. The van der Waals surface area contributed by atoms with Crippen molar-refractivity contribution in [3.8, 4) is 5.69 Å². The number of hydrogen-bond acceptors (Lipinski definition) is 5. The second kappa shape index (κ2) is 7.64. The second-order valence-electron chi connectivity index (χ2n) is 5.40. The topological polar surface area (TPSA) is 73.2 Å². The number of nitrogens with one attached hydrogen (secondary N) is 1. The van der Waals surface area contributed by atoms with Crippen LogP contribution in [-0.2, 0) is 10.9 Å². The number of carbonyl (C=O) groups excluding carboxylic acids is 2. The van der Waals surface area contributed by atoms with E-state index >= 15 is 0 Å². The van der Waals surface area contributed by atoms with Gasteiger partial charge in [-0.05, 0) is 36.4 Å². The molecule has 2 heterocycles. The lowest BCUT2D eigenvalue weighted by molar-refractivity contribution is -0.143. The number of rotatable bonds is 4. The molecule has 0 radical (unpaired) electrons. The molecule has 1 amide bonds. The smallest absolute Gasteiger partial charge is 0.434 e. The number of methoxy groups -OCH3 is 1. The van der Waals surface area contributed by atoms with Gasteiger partial charge >= 0.3 is 12.1 Å². The first-order valence-corrected chi connectivity index (χ1v) is 8.81. The Hall–Kier alpha value is -2.85. The normalized spacial score (nSPS) is 11.3. The fraction of sp³-hybridized carbons (Fsp3) is 0.118. The molecule has 11 heteroatoms. The average Bonchev–Trinajstić information content (AvgIpc) is 3.28. The summed E-state index contributed by atoms with van der Waals surface area (Å²) in [6, 6.07) is 8.33. The zero-order valence-corrected chi connectivity index (χ0v) is 15.7. The van der Waals surface area contributed by atoms with Crippen molar-refractivity contribution in [2.45, 2.75) is 6.18 Å². The minimum absolute atomic E-state index is 0.0971. The molecule has 0 unspecified atom stereocenters. The number of aromatic nitrogens is 2. The molecule has 0 spiro atoms. The van der Waals surface area contributed by atoms with Crippen molar-refractivity contribution in [1.82, 2.24) is 9.78 Å². The summed E-state index contributed by atoms with van der Waals surface area (Å²) in [6.07, 6.45) is -4.00. The number of esters is 1. The molecule has 0 saturated carbocycles. The number of halogens is 4. The standard InChI is InChI=1S/C17H11ClF3N3O3S/c1-27-16(26)12-6-7-13(28-12)23-15(25)11-8-22-24(14(11)17(19,20)21)10-4-2-9(18)3-5-10/h2-8H,1H3,(H,23,25). The van der Waals surface area contributed by atoms with Gasteiger partial charge < -0.3 is 10.1 Å². The molecular formula is C17H11ClF3N3O3S. The van der Waals surface area contributed by atoms with Crippen molar-refractivity contribution < 1.29 is 27.5 Å². The van der Waals surface area contributed by atoms with Crippen LogP contribution in [0.15, 0.2) is 42.6 Å². The van der Waals surface area contributed by atoms with E-state index in [1.807, 2.05) is 0 Å². The van der Waals surface area contributed by atoms with Gasteiger partial charge in [-0.2, -0.15) is 18.3 Å². The van der Waals surface area contributed by atoms with Crippen LogP contribution in [-0.4, -0.2) is 28.8 Å². The first kappa shape index (κ1) is 19.9. The summed E-state index contributed by atoms with van der Waals surface area (Å²) in [7, 11) is 1.20. The largest absolute Gasteiger partial charge is 0.465 e. The third-order valence-corrected chi connectivity index (χ3v) is 4.82. The van der Waals surface area contributed by atoms with Gasteiger partial charge in [0.25, 0.3) is 5.91 Å². The Morgan fingerprint density at radius 3 is 2.46 bits per heavy atom. The van der Waals surface area contributed by atoms with Crippen molar-refractivity contribution in [2.75, 3.05) is 12.4 Å². The van der Waals surface area contributed by atoms with Crippen LogP contribution in [0.25, 0.3) is 5.69 Å². The fourth-order valence-corrected chi connectivity index (χ4v) is 3.31. The number of ether oxygens (including phenoxy) is 1. The summed E-state index contributed by atoms with van der Waals surface area (Å²) in [5.74, 6) is -1.62. The molecule has 0 aliphatic heterocycles. The molecule has 0 bridgehead atoms. The van der Waals surface area contributed by atoms with Crippen molar-refractivity contribution >= 4 is 39.8 Å². The Morgan fingerprint density at radius 2 is 1.86 bits per heavy atom. The number of anilines is 1. The van der Waals surface area contributed by atoms with Crippen LogP contribution < -0.4 is 5.32 Å². The molecule has 146 valence electrons. The molecule has 6 nitrogen and oxygen atoms in total. The van der Waals surface area contributed by atoms with Crippen molar-refractivity contribution in [2.24, 2.45) is 0 Å². The van der Waals surface area contributed by atoms with Crippen LogP contribution in [0.3, 0.4) is 0 Å². The van der Waals surface area contributed by atoms with E-state index in [9.17, 15) is 22.8 Å². The van der Waals surface area contributed by atoms with Gasteiger partial charge in [0.2, 0.25) is 0 Å². The van der Waals surface area contributed by atoms with E-state index in [0.717, 1.165) is 17.5 Å². The molecule has 3 rings (SSSR count). The first-order chi connectivity index (χ1) is 13.2.